The van der Waals surface area contributed by atoms with Crippen molar-refractivity contribution in [2.24, 2.45) is 7.05 Å². The fourth-order valence-electron chi connectivity index (χ4n) is 2.82. The standard InChI is InChI=1S/C20H19FN3O5P/c1-24-19(13-2-7-16(21)8-3-13)15(12-22-24)6-11-18(25)23-17-9-4-14(5-10-17)20(26)30(27,28)29/h2-12,20,26H,1H3,(H,23,25)(H2,27,28,29). The monoisotopic (exact) mass is 431 g/mol. The number of carbonyl (C=O) groups is 1. The number of carbonyl (C=O) groups excluding carboxylic acids is 1. The number of aryl methyl sites for hydroxylation is 1. The summed E-state index contributed by atoms with van der Waals surface area (Å²) in [5, 5.41) is 16.4. The minimum absolute atomic E-state index is 0.0381. The van der Waals surface area contributed by atoms with E-state index in [0.717, 1.165) is 11.3 Å². The molecular formula is C20H19FN3O5P. The Kier molecular flexibility index (Phi) is 6.28. The predicted octanol–water partition coefficient (Wildman–Crippen LogP) is 3.05. The van der Waals surface area contributed by atoms with Crippen LogP contribution in [0.2, 0.25) is 0 Å². The number of nitrogens with one attached hydrogen (secondary N) is 1. The van der Waals surface area contributed by atoms with Crippen molar-refractivity contribution in [3.05, 3.63) is 77.7 Å². The van der Waals surface area contributed by atoms with Crippen molar-refractivity contribution < 1.29 is 28.6 Å². The van der Waals surface area contributed by atoms with Crippen LogP contribution in [0.3, 0.4) is 0 Å². The number of aliphatic hydroxyl groups excluding tert-OH is 1. The molecule has 4 N–H and O–H groups in total. The van der Waals surface area contributed by atoms with E-state index in [1.165, 1.54) is 42.5 Å². The highest BCUT2D eigenvalue weighted by molar-refractivity contribution is 7.51. The maximum Gasteiger partial charge on any atom is 0.358 e. The molecule has 3 aromatic rings. The molecule has 156 valence electrons. The van der Waals surface area contributed by atoms with Gasteiger partial charge in [0.15, 0.2) is 5.85 Å². The highest BCUT2D eigenvalue weighted by Gasteiger charge is 2.27. The summed E-state index contributed by atoms with van der Waals surface area (Å²) in [6, 6.07) is 11.4. The largest absolute Gasteiger partial charge is 0.376 e. The van der Waals surface area contributed by atoms with Gasteiger partial charge < -0.3 is 20.2 Å². The Labute approximate surface area is 171 Å². The lowest BCUT2D eigenvalue weighted by Crippen LogP contribution is -2.08. The van der Waals surface area contributed by atoms with Gasteiger partial charge in [0.2, 0.25) is 5.91 Å². The van der Waals surface area contributed by atoms with E-state index >= 15 is 0 Å². The summed E-state index contributed by atoms with van der Waals surface area (Å²) >= 11 is 0. The summed E-state index contributed by atoms with van der Waals surface area (Å²) in [7, 11) is -2.93. The minimum atomic E-state index is -4.67. The molecule has 0 aliphatic heterocycles. The van der Waals surface area contributed by atoms with Gasteiger partial charge in [0, 0.05) is 29.9 Å². The molecule has 0 saturated heterocycles. The number of hydrogen-bond donors (Lipinski definition) is 4. The van der Waals surface area contributed by atoms with Crippen molar-refractivity contribution in [2.75, 3.05) is 5.32 Å². The third kappa shape index (κ3) is 5.08. The van der Waals surface area contributed by atoms with E-state index in [4.69, 9.17) is 9.79 Å². The van der Waals surface area contributed by atoms with E-state index < -0.39 is 19.3 Å². The Morgan fingerprint density at radius 2 is 1.80 bits per heavy atom. The van der Waals surface area contributed by atoms with E-state index in [0.29, 0.717) is 11.3 Å². The summed E-state index contributed by atoms with van der Waals surface area (Å²) in [5.41, 5.74) is 2.55. The second-order valence-corrected chi connectivity index (χ2v) is 8.15. The maximum atomic E-state index is 13.2. The number of benzene rings is 2. The summed E-state index contributed by atoms with van der Waals surface area (Å²) in [4.78, 5) is 30.2. The van der Waals surface area contributed by atoms with Gasteiger partial charge in [0.25, 0.3) is 0 Å². The highest BCUT2D eigenvalue weighted by Crippen LogP contribution is 2.49. The van der Waals surface area contributed by atoms with Crippen LogP contribution in [0.5, 0.6) is 0 Å². The topological polar surface area (TPSA) is 125 Å². The van der Waals surface area contributed by atoms with Crippen LogP contribution in [0, 0.1) is 5.82 Å². The lowest BCUT2D eigenvalue weighted by molar-refractivity contribution is -0.111. The van der Waals surface area contributed by atoms with Crippen molar-refractivity contribution in [1.29, 1.82) is 0 Å². The molecule has 8 nitrogen and oxygen atoms in total. The number of aromatic nitrogens is 2. The third-order valence-electron chi connectivity index (χ3n) is 4.29. The van der Waals surface area contributed by atoms with Crippen molar-refractivity contribution in [1.82, 2.24) is 9.78 Å². The molecule has 0 saturated carbocycles. The van der Waals surface area contributed by atoms with Crippen molar-refractivity contribution >= 4 is 25.3 Å². The molecule has 10 heteroatoms. The average molecular weight is 431 g/mol. The van der Waals surface area contributed by atoms with Crippen LogP contribution in [-0.2, 0) is 16.4 Å². The molecule has 1 amide bonds. The molecule has 3 rings (SSSR count). The highest BCUT2D eigenvalue weighted by atomic mass is 31.2. The number of hydrogen-bond acceptors (Lipinski definition) is 4. The molecular weight excluding hydrogens is 412 g/mol. The van der Waals surface area contributed by atoms with Gasteiger partial charge in [-0.05, 0) is 48.0 Å². The minimum Gasteiger partial charge on any atom is -0.376 e. The maximum absolute atomic E-state index is 13.2. The summed E-state index contributed by atoms with van der Waals surface area (Å²) < 4.78 is 25.9. The van der Waals surface area contributed by atoms with Gasteiger partial charge >= 0.3 is 7.60 Å². The molecule has 0 spiro atoms. The predicted molar refractivity (Wildman–Crippen MR) is 110 cm³/mol. The van der Waals surface area contributed by atoms with Crippen LogP contribution in [0.15, 0.2) is 60.8 Å². The van der Waals surface area contributed by atoms with Crippen LogP contribution in [0.1, 0.15) is 17.0 Å². The average Bonchev–Trinajstić information content (AvgIpc) is 3.07. The molecule has 0 bridgehead atoms. The molecule has 1 atom stereocenters. The first-order valence-corrected chi connectivity index (χ1v) is 10.4. The van der Waals surface area contributed by atoms with Gasteiger partial charge in [0.1, 0.15) is 5.82 Å². The van der Waals surface area contributed by atoms with Crippen LogP contribution in [0.4, 0.5) is 10.1 Å². The van der Waals surface area contributed by atoms with Gasteiger partial charge in [-0.2, -0.15) is 5.10 Å². The molecule has 0 fully saturated rings. The Hall–Kier alpha value is -3.10. The zero-order chi connectivity index (χ0) is 21.9. The molecule has 2 aromatic carbocycles. The SMILES string of the molecule is Cn1ncc(C=CC(=O)Nc2ccc(C(O)P(=O)(O)O)cc2)c1-c1ccc(F)cc1. The van der Waals surface area contributed by atoms with Crippen LogP contribution in [0.25, 0.3) is 17.3 Å². The first kappa shape index (κ1) is 21.6. The van der Waals surface area contributed by atoms with Gasteiger partial charge in [-0.15, -0.1) is 0 Å². The number of halogens is 1. The second-order valence-electron chi connectivity index (χ2n) is 6.49. The van der Waals surface area contributed by atoms with Gasteiger partial charge in [0.05, 0.1) is 11.9 Å². The zero-order valence-electron chi connectivity index (χ0n) is 15.8. The van der Waals surface area contributed by atoms with Crippen LogP contribution < -0.4 is 5.32 Å². The summed E-state index contributed by atoms with van der Waals surface area (Å²) in [6.07, 6.45) is 4.47. The second kappa shape index (κ2) is 8.73. The number of aliphatic hydroxyl groups is 1. The van der Waals surface area contributed by atoms with E-state index in [-0.39, 0.29) is 11.4 Å². The van der Waals surface area contributed by atoms with Gasteiger partial charge in [-0.1, -0.05) is 12.1 Å². The Morgan fingerprint density at radius 3 is 2.40 bits per heavy atom. The summed E-state index contributed by atoms with van der Waals surface area (Å²) in [6.45, 7) is 0. The Bertz CT molecular complexity index is 1120. The molecule has 1 aromatic heterocycles. The van der Waals surface area contributed by atoms with E-state index in [2.05, 4.69) is 10.4 Å². The lowest BCUT2D eigenvalue weighted by Gasteiger charge is -2.13. The fourth-order valence-corrected chi connectivity index (χ4v) is 3.38. The fraction of sp³-hybridized carbons (Fsp3) is 0.100. The molecule has 0 aliphatic rings. The van der Waals surface area contributed by atoms with E-state index in [1.54, 1.807) is 36.1 Å². The van der Waals surface area contributed by atoms with Crippen molar-refractivity contribution in [3.63, 3.8) is 0 Å². The number of anilines is 1. The Morgan fingerprint density at radius 1 is 1.17 bits per heavy atom. The van der Waals surface area contributed by atoms with Crippen molar-refractivity contribution in [3.8, 4) is 11.3 Å². The molecule has 0 aliphatic carbocycles. The third-order valence-corrected chi connectivity index (χ3v) is 5.23. The van der Waals surface area contributed by atoms with Crippen molar-refractivity contribution in [2.45, 2.75) is 5.85 Å². The van der Waals surface area contributed by atoms with E-state index in [1.807, 2.05) is 0 Å². The smallest absolute Gasteiger partial charge is 0.358 e. The quantitative estimate of drug-likeness (QED) is 0.351. The normalized spacial score (nSPS) is 12.8. The Balaban J connectivity index is 1.71. The first-order valence-electron chi connectivity index (χ1n) is 8.75. The molecule has 1 unspecified atom stereocenters. The van der Waals surface area contributed by atoms with Crippen LogP contribution >= 0.6 is 7.60 Å². The number of amides is 1. The van der Waals surface area contributed by atoms with Gasteiger partial charge in [-0.3, -0.25) is 14.0 Å². The zero-order valence-corrected chi connectivity index (χ0v) is 16.7. The summed E-state index contributed by atoms with van der Waals surface area (Å²) in [5.74, 6) is -2.71. The lowest BCUT2D eigenvalue weighted by atomic mass is 10.1. The van der Waals surface area contributed by atoms with Crippen LogP contribution in [-0.4, -0.2) is 30.6 Å². The molecule has 1 heterocycles. The molecule has 0 radical (unpaired) electrons. The number of rotatable bonds is 6. The first-order chi connectivity index (χ1) is 14.1. The number of nitrogens with zero attached hydrogens (tertiary/aromatic N) is 2. The van der Waals surface area contributed by atoms with Gasteiger partial charge in [-0.25, -0.2) is 4.39 Å². The molecule has 30 heavy (non-hydrogen) atoms. The van der Waals surface area contributed by atoms with E-state index in [9.17, 15) is 18.9 Å².